The topological polar surface area (TPSA) is 137 Å². The fourth-order valence-corrected chi connectivity index (χ4v) is 5.54. The van der Waals surface area contributed by atoms with E-state index in [-0.39, 0.29) is 50.2 Å². The van der Waals surface area contributed by atoms with Gasteiger partial charge in [0.2, 0.25) is 10.0 Å². The number of allylic oxidation sites excluding steroid dienone is 1. The predicted octanol–water partition coefficient (Wildman–Crippen LogP) is 1.74. The average molecular weight is 512 g/mol. The lowest BCUT2D eigenvalue weighted by Crippen LogP contribution is -2.46. The smallest absolute Gasteiger partial charge is 0.323 e. The molecule has 35 heavy (non-hydrogen) atoms. The highest BCUT2D eigenvalue weighted by atomic mass is 32.2. The van der Waals surface area contributed by atoms with E-state index in [1.165, 1.54) is 26.4 Å². The summed E-state index contributed by atoms with van der Waals surface area (Å²) in [7, 11) is -1.69. The van der Waals surface area contributed by atoms with Crippen molar-refractivity contribution in [1.82, 2.24) is 4.31 Å². The van der Waals surface area contributed by atoms with Crippen molar-refractivity contribution in [2.24, 2.45) is 5.41 Å². The molecule has 0 amide bonds. The highest BCUT2D eigenvalue weighted by molar-refractivity contribution is 7.89. The van der Waals surface area contributed by atoms with Gasteiger partial charge in [0.1, 0.15) is 6.61 Å². The summed E-state index contributed by atoms with van der Waals surface area (Å²) in [5.41, 5.74) is -0.744. The molecule has 0 unspecified atom stereocenters. The van der Waals surface area contributed by atoms with Gasteiger partial charge >= 0.3 is 17.9 Å². The van der Waals surface area contributed by atoms with Crippen LogP contribution in [0.5, 0.6) is 0 Å². The molecule has 1 N–H and O–H groups in total. The Morgan fingerprint density at radius 3 is 2.34 bits per heavy atom. The number of hydrogen-bond donors (Lipinski definition) is 1. The molecule has 0 saturated carbocycles. The molecule has 1 aromatic rings. The van der Waals surface area contributed by atoms with Crippen LogP contribution in [0.15, 0.2) is 41.3 Å². The lowest BCUT2D eigenvalue weighted by molar-refractivity contribution is -0.170. The third-order valence-corrected chi connectivity index (χ3v) is 7.93. The molecule has 0 radical (unpaired) electrons. The van der Waals surface area contributed by atoms with Crippen molar-refractivity contribution in [3.8, 4) is 0 Å². The van der Waals surface area contributed by atoms with Crippen LogP contribution in [0.2, 0.25) is 0 Å². The molecule has 2 rings (SSSR count). The Hall–Kier alpha value is -2.76. The van der Waals surface area contributed by atoms with Gasteiger partial charge in [0, 0.05) is 13.0 Å². The van der Waals surface area contributed by atoms with Gasteiger partial charge in [-0.2, -0.15) is 4.31 Å². The predicted molar refractivity (Wildman–Crippen MR) is 126 cm³/mol. The minimum atomic E-state index is -4.02. The van der Waals surface area contributed by atoms with Gasteiger partial charge in [0.25, 0.3) is 0 Å². The second kappa shape index (κ2) is 12.8. The van der Waals surface area contributed by atoms with Gasteiger partial charge in [-0.15, -0.1) is 0 Å². The summed E-state index contributed by atoms with van der Waals surface area (Å²) in [5, 5.41) is 9.93. The van der Waals surface area contributed by atoms with Crippen molar-refractivity contribution < 1.29 is 42.1 Å². The summed E-state index contributed by atoms with van der Waals surface area (Å²) in [6.45, 7) is 0.916. The van der Waals surface area contributed by atoms with Crippen LogP contribution < -0.4 is 0 Å². The summed E-state index contributed by atoms with van der Waals surface area (Å²) in [6.07, 6.45) is 3.44. The Morgan fingerprint density at radius 2 is 1.77 bits per heavy atom. The number of esters is 3. The molecular formula is C24H33NO9S. The minimum absolute atomic E-state index is 0.00312. The van der Waals surface area contributed by atoms with Crippen molar-refractivity contribution in [3.63, 3.8) is 0 Å². The molecule has 1 aliphatic rings. The lowest BCUT2D eigenvalue weighted by atomic mass is 9.79. The normalized spacial score (nSPS) is 21.3. The fourth-order valence-electron chi connectivity index (χ4n) is 3.92. The monoisotopic (exact) mass is 511 g/mol. The molecule has 0 aliphatic carbocycles. The van der Waals surface area contributed by atoms with Crippen molar-refractivity contribution in [1.29, 1.82) is 0 Å². The number of methoxy groups -OCH3 is 2. The van der Waals surface area contributed by atoms with Crippen molar-refractivity contribution in [3.05, 3.63) is 42.0 Å². The molecule has 0 spiro atoms. The van der Waals surface area contributed by atoms with Crippen LogP contribution in [0.25, 0.3) is 0 Å². The van der Waals surface area contributed by atoms with Crippen molar-refractivity contribution >= 4 is 27.9 Å². The quantitative estimate of drug-likeness (QED) is 0.271. The van der Waals surface area contributed by atoms with E-state index in [2.05, 4.69) is 0 Å². The Morgan fingerprint density at radius 1 is 1.14 bits per heavy atom. The molecule has 194 valence electrons. The summed E-state index contributed by atoms with van der Waals surface area (Å²) >= 11 is 0. The van der Waals surface area contributed by atoms with E-state index in [9.17, 15) is 27.9 Å². The number of aliphatic hydroxyl groups is 1. The highest BCUT2D eigenvalue weighted by Crippen LogP contribution is 2.33. The summed E-state index contributed by atoms with van der Waals surface area (Å²) in [6, 6.07) is 5.32. The Kier molecular flexibility index (Phi) is 10.4. The number of aryl methyl sites for hydroxylation is 1. The zero-order valence-corrected chi connectivity index (χ0v) is 21.1. The Balaban J connectivity index is 2.40. The van der Waals surface area contributed by atoms with E-state index in [0.29, 0.717) is 0 Å². The maximum Gasteiger partial charge on any atom is 0.323 e. The number of sulfonamides is 1. The van der Waals surface area contributed by atoms with Gasteiger partial charge in [-0.3, -0.25) is 14.4 Å². The van der Waals surface area contributed by atoms with Crippen LogP contribution in [0.1, 0.15) is 37.7 Å². The van der Waals surface area contributed by atoms with Gasteiger partial charge in [-0.1, -0.05) is 29.8 Å². The molecule has 1 heterocycles. The maximum atomic E-state index is 13.4. The number of cyclic esters (lactones) is 1. The molecule has 1 aliphatic heterocycles. The molecule has 1 atom stereocenters. The maximum absolute atomic E-state index is 13.4. The van der Waals surface area contributed by atoms with Crippen LogP contribution >= 0.6 is 0 Å². The molecule has 0 fully saturated rings. The third kappa shape index (κ3) is 6.89. The van der Waals surface area contributed by atoms with Gasteiger partial charge in [0.15, 0.2) is 5.41 Å². The first-order valence-corrected chi connectivity index (χ1v) is 12.7. The average Bonchev–Trinajstić information content (AvgIpc) is 2.85. The van der Waals surface area contributed by atoms with E-state index >= 15 is 0 Å². The number of carbonyl (C=O) groups excluding carboxylic acids is 3. The molecule has 0 bridgehead atoms. The highest BCUT2D eigenvalue weighted by Gasteiger charge is 2.47. The van der Waals surface area contributed by atoms with Gasteiger partial charge in [-0.25, -0.2) is 8.42 Å². The molecule has 0 saturated heterocycles. The summed E-state index contributed by atoms with van der Waals surface area (Å²) < 4.78 is 42.8. The molecule has 10 nitrogen and oxygen atoms in total. The Bertz CT molecular complexity index is 1000. The summed E-state index contributed by atoms with van der Waals surface area (Å²) in [4.78, 5) is 37.5. The van der Waals surface area contributed by atoms with E-state index < -0.39 is 46.0 Å². The van der Waals surface area contributed by atoms with E-state index in [1.807, 2.05) is 6.92 Å². The van der Waals surface area contributed by atoms with Crippen LogP contribution in [-0.4, -0.2) is 75.8 Å². The van der Waals surface area contributed by atoms with Crippen LogP contribution in [0, 0.1) is 12.3 Å². The van der Waals surface area contributed by atoms with Crippen LogP contribution in [-0.2, 0) is 38.6 Å². The first-order chi connectivity index (χ1) is 16.6. The van der Waals surface area contributed by atoms with Crippen molar-refractivity contribution in [2.75, 3.05) is 34.0 Å². The zero-order valence-electron chi connectivity index (χ0n) is 20.3. The second-order valence-corrected chi connectivity index (χ2v) is 10.2. The number of nitrogens with zero attached hydrogens (tertiary/aromatic N) is 1. The SMILES string of the molecule is COC(=O)C1(C(=O)OC)C/C=C/CCN(S(=O)(=O)c2ccc(C)cc2)[C@@H](CO)COC(=O)CCC1. The number of benzene rings is 1. The second-order valence-electron chi connectivity index (χ2n) is 8.33. The largest absolute Gasteiger partial charge is 0.468 e. The lowest BCUT2D eigenvalue weighted by Gasteiger charge is -2.30. The summed E-state index contributed by atoms with van der Waals surface area (Å²) in [5.74, 6) is -2.20. The van der Waals surface area contributed by atoms with E-state index in [1.54, 1.807) is 24.3 Å². The molecule has 0 aromatic heterocycles. The zero-order chi connectivity index (χ0) is 26.1. The molecule has 11 heteroatoms. The number of rotatable bonds is 5. The van der Waals surface area contributed by atoms with Gasteiger partial charge in [0.05, 0.1) is 31.8 Å². The number of aliphatic hydroxyl groups excluding tert-OH is 1. The van der Waals surface area contributed by atoms with Gasteiger partial charge < -0.3 is 19.3 Å². The van der Waals surface area contributed by atoms with Crippen LogP contribution in [0.4, 0.5) is 0 Å². The molecule has 1 aromatic carbocycles. The first-order valence-electron chi connectivity index (χ1n) is 11.3. The fraction of sp³-hybridized carbons (Fsp3) is 0.542. The number of ether oxygens (including phenoxy) is 3. The minimum Gasteiger partial charge on any atom is -0.468 e. The van der Waals surface area contributed by atoms with Crippen molar-refractivity contribution in [2.45, 2.75) is 50.0 Å². The standard InChI is InChI=1S/C24H33NO9S/c1-18-9-11-20(12-10-18)35(30,31)25-15-6-4-5-13-24(22(28)32-2,23(29)33-3)14-7-8-21(27)34-17-19(25)16-26/h4-5,9-12,19,26H,6-8,13-17H2,1-3H3/b5-4+/t19-/m0/s1. The number of hydrogen-bond acceptors (Lipinski definition) is 9. The first kappa shape index (κ1) is 28.5. The number of carbonyl (C=O) groups is 3. The van der Waals surface area contributed by atoms with E-state index in [4.69, 9.17) is 14.2 Å². The van der Waals surface area contributed by atoms with Crippen LogP contribution in [0.3, 0.4) is 0 Å². The van der Waals surface area contributed by atoms with E-state index in [0.717, 1.165) is 9.87 Å². The Labute approximate surface area is 205 Å². The third-order valence-electron chi connectivity index (χ3n) is 5.97. The van der Waals surface area contributed by atoms with Gasteiger partial charge in [-0.05, 0) is 44.7 Å². The molecular weight excluding hydrogens is 478 g/mol.